The lowest BCUT2D eigenvalue weighted by Gasteiger charge is -2.09. The topological polar surface area (TPSA) is 59.0 Å². The summed E-state index contributed by atoms with van der Waals surface area (Å²) >= 11 is 18.1. The molecule has 0 radical (unpaired) electrons. The van der Waals surface area contributed by atoms with E-state index in [0.717, 1.165) is 11.3 Å². The summed E-state index contributed by atoms with van der Waals surface area (Å²) in [7, 11) is 1.83. The number of halogens is 3. The Morgan fingerprint density at radius 2 is 1.92 bits per heavy atom. The van der Waals surface area contributed by atoms with E-state index >= 15 is 0 Å². The SMILES string of the molecule is CC(C)c1nn(C)c(Cl)c1CNCCNC(=O)c1ccc(Cl)c(Cl)c1. The molecule has 0 saturated heterocycles. The Morgan fingerprint density at radius 1 is 1.20 bits per heavy atom. The molecule has 0 saturated carbocycles. The van der Waals surface area contributed by atoms with Crippen LogP contribution >= 0.6 is 34.8 Å². The average Bonchev–Trinajstić information content (AvgIpc) is 2.85. The van der Waals surface area contributed by atoms with E-state index in [0.29, 0.717) is 46.3 Å². The highest BCUT2D eigenvalue weighted by Crippen LogP contribution is 2.25. The van der Waals surface area contributed by atoms with Crippen LogP contribution in [0.1, 0.15) is 41.4 Å². The molecule has 1 aromatic heterocycles. The van der Waals surface area contributed by atoms with Crippen molar-refractivity contribution in [2.24, 2.45) is 7.05 Å². The number of rotatable bonds is 7. The van der Waals surface area contributed by atoms with Crippen LogP contribution in [-0.4, -0.2) is 28.8 Å². The van der Waals surface area contributed by atoms with Gasteiger partial charge in [-0.05, 0) is 24.1 Å². The smallest absolute Gasteiger partial charge is 0.251 e. The minimum Gasteiger partial charge on any atom is -0.351 e. The van der Waals surface area contributed by atoms with Crippen LogP contribution in [0.3, 0.4) is 0 Å². The van der Waals surface area contributed by atoms with Gasteiger partial charge >= 0.3 is 0 Å². The summed E-state index contributed by atoms with van der Waals surface area (Å²) in [5, 5.41) is 12.0. The van der Waals surface area contributed by atoms with E-state index in [-0.39, 0.29) is 5.91 Å². The zero-order valence-corrected chi connectivity index (χ0v) is 16.6. The molecule has 5 nitrogen and oxygen atoms in total. The highest BCUT2D eigenvalue weighted by atomic mass is 35.5. The van der Waals surface area contributed by atoms with Crippen LogP contribution in [-0.2, 0) is 13.6 Å². The number of hydrogen-bond donors (Lipinski definition) is 2. The molecule has 0 spiro atoms. The Bertz CT molecular complexity index is 759. The van der Waals surface area contributed by atoms with Crippen molar-refractivity contribution in [3.8, 4) is 0 Å². The Morgan fingerprint density at radius 3 is 2.56 bits per heavy atom. The molecule has 0 aliphatic rings. The van der Waals surface area contributed by atoms with Gasteiger partial charge in [-0.25, -0.2) is 0 Å². The van der Waals surface area contributed by atoms with Crippen LogP contribution in [0.5, 0.6) is 0 Å². The highest BCUT2D eigenvalue weighted by molar-refractivity contribution is 6.42. The summed E-state index contributed by atoms with van der Waals surface area (Å²) in [6, 6.07) is 4.80. The van der Waals surface area contributed by atoms with Gasteiger partial charge in [0.15, 0.2) is 0 Å². The molecule has 0 atom stereocenters. The van der Waals surface area contributed by atoms with Gasteiger partial charge in [0.25, 0.3) is 5.91 Å². The van der Waals surface area contributed by atoms with Crippen LogP contribution in [0.2, 0.25) is 15.2 Å². The minimum atomic E-state index is -0.192. The molecule has 0 aliphatic heterocycles. The maximum Gasteiger partial charge on any atom is 0.251 e. The predicted octanol–water partition coefficient (Wildman–Crippen LogP) is 4.02. The van der Waals surface area contributed by atoms with E-state index < -0.39 is 0 Å². The van der Waals surface area contributed by atoms with Crippen LogP contribution in [0.25, 0.3) is 0 Å². The molecule has 1 heterocycles. The second-order valence-electron chi connectivity index (χ2n) is 5.99. The van der Waals surface area contributed by atoms with Crippen molar-refractivity contribution in [1.29, 1.82) is 0 Å². The van der Waals surface area contributed by atoms with Crippen molar-refractivity contribution in [2.45, 2.75) is 26.3 Å². The summed E-state index contributed by atoms with van der Waals surface area (Å²) in [6.07, 6.45) is 0. The monoisotopic (exact) mass is 402 g/mol. The molecule has 0 unspecified atom stereocenters. The molecule has 136 valence electrons. The maximum absolute atomic E-state index is 12.1. The Balaban J connectivity index is 1.82. The van der Waals surface area contributed by atoms with E-state index in [9.17, 15) is 4.79 Å². The fourth-order valence-corrected chi connectivity index (χ4v) is 2.91. The number of carbonyl (C=O) groups is 1. The zero-order chi connectivity index (χ0) is 18.6. The number of benzene rings is 1. The molecule has 0 fully saturated rings. The number of carbonyl (C=O) groups excluding carboxylic acids is 1. The van der Waals surface area contributed by atoms with Crippen molar-refractivity contribution in [3.05, 3.63) is 50.2 Å². The van der Waals surface area contributed by atoms with Crippen LogP contribution in [0.4, 0.5) is 0 Å². The second-order valence-corrected chi connectivity index (χ2v) is 7.17. The van der Waals surface area contributed by atoms with Gasteiger partial charge in [0.1, 0.15) is 5.15 Å². The van der Waals surface area contributed by atoms with E-state index in [2.05, 4.69) is 29.6 Å². The number of amides is 1. The van der Waals surface area contributed by atoms with Gasteiger partial charge in [-0.15, -0.1) is 0 Å². The summed E-state index contributed by atoms with van der Waals surface area (Å²) in [5.41, 5.74) is 2.46. The van der Waals surface area contributed by atoms with Gasteiger partial charge in [-0.1, -0.05) is 48.7 Å². The number of hydrogen-bond acceptors (Lipinski definition) is 3. The maximum atomic E-state index is 12.1. The number of nitrogens with one attached hydrogen (secondary N) is 2. The first kappa shape index (κ1) is 20.0. The Hall–Kier alpha value is -1.27. The first-order chi connectivity index (χ1) is 11.8. The molecule has 1 aromatic carbocycles. The summed E-state index contributed by atoms with van der Waals surface area (Å²) in [4.78, 5) is 12.1. The molecule has 8 heteroatoms. The van der Waals surface area contributed by atoms with Crippen molar-refractivity contribution in [1.82, 2.24) is 20.4 Å². The van der Waals surface area contributed by atoms with Crippen LogP contribution in [0.15, 0.2) is 18.2 Å². The number of aryl methyl sites for hydroxylation is 1. The van der Waals surface area contributed by atoms with Gasteiger partial charge in [-0.3, -0.25) is 9.48 Å². The predicted molar refractivity (Wildman–Crippen MR) is 103 cm³/mol. The third kappa shape index (κ3) is 5.11. The van der Waals surface area contributed by atoms with E-state index in [1.54, 1.807) is 22.9 Å². The number of nitrogens with zero attached hydrogens (tertiary/aromatic N) is 2. The fourth-order valence-electron chi connectivity index (χ4n) is 2.41. The normalized spacial score (nSPS) is 11.2. The molecule has 2 rings (SSSR count). The second kappa shape index (κ2) is 8.90. The first-order valence-electron chi connectivity index (χ1n) is 7.96. The molecule has 2 N–H and O–H groups in total. The average molecular weight is 404 g/mol. The minimum absolute atomic E-state index is 0.192. The van der Waals surface area contributed by atoms with E-state index in [1.165, 1.54) is 0 Å². The number of aromatic nitrogens is 2. The molecule has 0 aliphatic carbocycles. The summed E-state index contributed by atoms with van der Waals surface area (Å²) < 4.78 is 1.68. The lowest BCUT2D eigenvalue weighted by Crippen LogP contribution is -2.31. The van der Waals surface area contributed by atoms with E-state index in [4.69, 9.17) is 34.8 Å². The molecule has 25 heavy (non-hydrogen) atoms. The van der Waals surface area contributed by atoms with Crippen LogP contribution < -0.4 is 10.6 Å². The van der Waals surface area contributed by atoms with Crippen molar-refractivity contribution in [2.75, 3.05) is 13.1 Å². The van der Waals surface area contributed by atoms with Gasteiger partial charge < -0.3 is 10.6 Å². The Kier molecular flexibility index (Phi) is 7.14. The zero-order valence-electron chi connectivity index (χ0n) is 14.4. The van der Waals surface area contributed by atoms with Gasteiger partial charge in [-0.2, -0.15) is 5.10 Å². The molecule has 1 amide bonds. The molecule has 0 bridgehead atoms. The third-order valence-corrected chi connectivity index (χ3v) is 4.93. The standard InChI is InChI=1S/C17H21Cl3N4O/c1-10(2)15-12(16(20)24(3)23-15)9-21-6-7-22-17(25)11-4-5-13(18)14(19)8-11/h4-5,8,10,21H,6-7,9H2,1-3H3,(H,22,25). The first-order valence-corrected chi connectivity index (χ1v) is 9.10. The molecular weight excluding hydrogens is 383 g/mol. The molecule has 2 aromatic rings. The lowest BCUT2D eigenvalue weighted by molar-refractivity contribution is 0.0954. The highest BCUT2D eigenvalue weighted by Gasteiger charge is 2.16. The largest absolute Gasteiger partial charge is 0.351 e. The van der Waals surface area contributed by atoms with Gasteiger partial charge in [0, 0.05) is 37.8 Å². The lowest BCUT2D eigenvalue weighted by atomic mass is 10.1. The van der Waals surface area contributed by atoms with E-state index in [1.807, 2.05) is 7.05 Å². The van der Waals surface area contributed by atoms with Gasteiger partial charge in [0.2, 0.25) is 0 Å². The Labute approximate surface area is 162 Å². The van der Waals surface area contributed by atoms with Crippen LogP contribution in [0, 0.1) is 0 Å². The van der Waals surface area contributed by atoms with Crippen molar-refractivity contribution >= 4 is 40.7 Å². The quantitative estimate of drug-likeness (QED) is 0.686. The van der Waals surface area contributed by atoms with Gasteiger partial charge in [0.05, 0.1) is 15.7 Å². The third-order valence-electron chi connectivity index (χ3n) is 3.72. The van der Waals surface area contributed by atoms with Crippen molar-refractivity contribution < 1.29 is 4.79 Å². The van der Waals surface area contributed by atoms with Crippen molar-refractivity contribution in [3.63, 3.8) is 0 Å². The summed E-state index contributed by atoms with van der Waals surface area (Å²) in [6.45, 7) is 5.85. The fraction of sp³-hybridized carbons (Fsp3) is 0.412. The summed E-state index contributed by atoms with van der Waals surface area (Å²) in [5.74, 6) is 0.104. The molecular formula is C17H21Cl3N4O.